The lowest BCUT2D eigenvalue weighted by molar-refractivity contribution is -0.497. The molecule has 0 aliphatic carbocycles. The molecule has 0 saturated carbocycles. The maximum absolute atomic E-state index is 11.7. The summed E-state index contributed by atoms with van der Waals surface area (Å²) in [7, 11) is 0. The molecule has 2 rings (SSSR count). The number of nitrogens with zero attached hydrogens (tertiary/aromatic N) is 1. The van der Waals surface area contributed by atoms with Gasteiger partial charge in [0.1, 0.15) is 12.4 Å². The van der Waals surface area contributed by atoms with E-state index in [4.69, 9.17) is 15.2 Å². The second-order valence-corrected chi connectivity index (χ2v) is 4.88. The summed E-state index contributed by atoms with van der Waals surface area (Å²) in [5.41, 5.74) is 2.29. The molecule has 7 heteroatoms. The van der Waals surface area contributed by atoms with Crippen LogP contribution in [0.4, 0.5) is 0 Å². The van der Waals surface area contributed by atoms with Crippen molar-refractivity contribution in [3.05, 3.63) is 71.3 Å². The molecule has 0 heterocycles. The highest BCUT2D eigenvalue weighted by Gasteiger charge is 2.01. The molecule has 0 bridgehead atoms. The second kappa shape index (κ2) is 8.80. The van der Waals surface area contributed by atoms with Gasteiger partial charge in [0.25, 0.3) is 0 Å². The lowest BCUT2D eigenvalue weighted by atomic mass is 10.1. The Bertz CT molecular complexity index is 679. The maximum atomic E-state index is 11.7. The van der Waals surface area contributed by atoms with Crippen LogP contribution in [0.25, 0.3) is 6.08 Å². The molecule has 0 fully saturated rings. The summed E-state index contributed by atoms with van der Waals surface area (Å²) in [6.07, 6.45) is 2.91. The number of ether oxygens (including phenoxy) is 1. The number of hydrogen-bond donors (Lipinski definition) is 3. The van der Waals surface area contributed by atoms with Crippen molar-refractivity contribution in [1.29, 1.82) is 0 Å². The van der Waals surface area contributed by atoms with Gasteiger partial charge in [-0.15, -0.1) is 0 Å². The first-order valence-electron chi connectivity index (χ1n) is 7.05. The van der Waals surface area contributed by atoms with Gasteiger partial charge in [0.2, 0.25) is 0 Å². The Hall–Kier alpha value is -2.71. The Morgan fingerprint density at radius 3 is 2.12 bits per heavy atom. The smallest absolute Gasteiger partial charge is 0.331 e. The SMILES string of the molecule is O=C(/C=C/c1ccc(O)cc1)OCc1ccc(CON(O)O)cc1. The van der Waals surface area contributed by atoms with Crippen molar-refractivity contribution < 1.29 is 29.9 Å². The van der Waals surface area contributed by atoms with Gasteiger partial charge in [-0.05, 0) is 34.9 Å². The van der Waals surface area contributed by atoms with Gasteiger partial charge < -0.3 is 9.84 Å². The van der Waals surface area contributed by atoms with Crippen LogP contribution >= 0.6 is 0 Å². The molecule has 7 nitrogen and oxygen atoms in total. The Balaban J connectivity index is 1.79. The van der Waals surface area contributed by atoms with Crippen LogP contribution in [-0.4, -0.2) is 26.9 Å². The minimum atomic E-state index is -0.480. The number of hydrogen-bond acceptors (Lipinski definition) is 7. The highest BCUT2D eigenvalue weighted by Crippen LogP contribution is 2.11. The summed E-state index contributed by atoms with van der Waals surface area (Å²) in [4.78, 5) is 16.1. The van der Waals surface area contributed by atoms with Crippen LogP contribution in [-0.2, 0) is 27.6 Å². The average Bonchev–Trinajstić information content (AvgIpc) is 2.58. The number of carbonyl (C=O) groups is 1. The van der Waals surface area contributed by atoms with Crippen LogP contribution in [0.3, 0.4) is 0 Å². The van der Waals surface area contributed by atoms with E-state index in [1.54, 1.807) is 42.5 Å². The first-order chi connectivity index (χ1) is 11.5. The molecule has 3 N–H and O–H groups in total. The molecule has 0 radical (unpaired) electrons. The zero-order valence-electron chi connectivity index (χ0n) is 12.7. The van der Waals surface area contributed by atoms with E-state index in [1.165, 1.54) is 18.2 Å². The molecule has 0 aliphatic heterocycles. The Morgan fingerprint density at radius 1 is 0.958 bits per heavy atom. The first-order valence-corrected chi connectivity index (χ1v) is 7.05. The van der Waals surface area contributed by atoms with Crippen molar-refractivity contribution in [3.63, 3.8) is 0 Å². The molecular formula is C17H17NO6. The van der Waals surface area contributed by atoms with E-state index in [2.05, 4.69) is 4.84 Å². The quantitative estimate of drug-likeness (QED) is 0.407. The molecule has 0 aliphatic rings. The third kappa shape index (κ3) is 6.19. The fraction of sp³-hybridized carbons (Fsp3) is 0.118. The Labute approximate surface area is 138 Å². The van der Waals surface area contributed by atoms with E-state index in [9.17, 15) is 9.90 Å². The summed E-state index contributed by atoms with van der Waals surface area (Å²) in [6.45, 7) is 0.119. The van der Waals surface area contributed by atoms with Gasteiger partial charge in [-0.25, -0.2) is 9.63 Å². The van der Waals surface area contributed by atoms with E-state index < -0.39 is 5.97 Å². The number of phenolic OH excluding ortho intramolecular Hbond substituents is 1. The minimum absolute atomic E-state index is 0.00242. The molecule has 2 aromatic rings. The Kier molecular flexibility index (Phi) is 6.47. The van der Waals surface area contributed by atoms with Crippen molar-refractivity contribution in [2.75, 3.05) is 0 Å². The van der Waals surface area contributed by atoms with Gasteiger partial charge in [0.15, 0.2) is 0 Å². The molecule has 0 spiro atoms. The molecule has 0 atom stereocenters. The molecule has 24 heavy (non-hydrogen) atoms. The predicted molar refractivity (Wildman–Crippen MR) is 83.6 cm³/mol. The number of aromatic hydroxyl groups is 1. The number of rotatable bonds is 7. The van der Waals surface area contributed by atoms with Crippen LogP contribution in [0.2, 0.25) is 0 Å². The van der Waals surface area contributed by atoms with Gasteiger partial charge >= 0.3 is 5.97 Å². The topological polar surface area (TPSA) is 99.5 Å². The van der Waals surface area contributed by atoms with Crippen molar-refractivity contribution in [2.45, 2.75) is 13.2 Å². The molecule has 0 amide bonds. The zero-order chi connectivity index (χ0) is 17.4. The monoisotopic (exact) mass is 331 g/mol. The van der Waals surface area contributed by atoms with Gasteiger partial charge in [0, 0.05) is 6.08 Å². The van der Waals surface area contributed by atoms with Crippen LogP contribution in [0.5, 0.6) is 5.75 Å². The third-order valence-corrected chi connectivity index (χ3v) is 3.06. The van der Waals surface area contributed by atoms with Crippen molar-refractivity contribution in [3.8, 4) is 5.75 Å². The average molecular weight is 331 g/mol. The molecule has 0 aromatic heterocycles. The van der Waals surface area contributed by atoms with Crippen molar-refractivity contribution in [1.82, 2.24) is 5.39 Å². The van der Waals surface area contributed by atoms with Crippen LogP contribution in [0.1, 0.15) is 16.7 Å². The molecular weight excluding hydrogens is 314 g/mol. The van der Waals surface area contributed by atoms with Gasteiger partial charge in [0.05, 0.1) is 12.0 Å². The standard InChI is InChI=1S/C17H17NO6/c19-16-8-5-13(6-9-16)7-10-17(20)23-11-14-1-3-15(4-2-14)12-24-18(21)22/h1-10,19,21-22H,11-12H2/b10-7+. The maximum Gasteiger partial charge on any atom is 0.331 e. The summed E-state index contributed by atoms with van der Waals surface area (Å²) < 4.78 is 5.12. The van der Waals surface area contributed by atoms with E-state index >= 15 is 0 Å². The van der Waals surface area contributed by atoms with E-state index in [-0.39, 0.29) is 24.4 Å². The third-order valence-electron chi connectivity index (χ3n) is 3.06. The van der Waals surface area contributed by atoms with Gasteiger partial charge in [-0.1, -0.05) is 36.4 Å². The first kappa shape index (κ1) is 17.6. The lowest BCUT2D eigenvalue weighted by Gasteiger charge is -2.07. The second-order valence-electron chi connectivity index (χ2n) is 4.88. The van der Waals surface area contributed by atoms with Crippen LogP contribution in [0.15, 0.2) is 54.6 Å². The number of benzene rings is 2. The normalized spacial score (nSPS) is 11.1. The van der Waals surface area contributed by atoms with Crippen molar-refractivity contribution >= 4 is 12.0 Å². The summed E-state index contributed by atoms with van der Waals surface area (Å²) in [6, 6.07) is 13.4. The summed E-state index contributed by atoms with van der Waals surface area (Å²) in [5.74, 6) is -0.319. The highest BCUT2D eigenvalue weighted by molar-refractivity contribution is 5.87. The molecule has 126 valence electrons. The molecule has 0 unspecified atom stereocenters. The molecule has 0 saturated heterocycles. The predicted octanol–water partition coefficient (Wildman–Crippen LogP) is 2.66. The van der Waals surface area contributed by atoms with E-state index in [0.29, 0.717) is 0 Å². The zero-order valence-corrected chi connectivity index (χ0v) is 12.7. The van der Waals surface area contributed by atoms with E-state index in [0.717, 1.165) is 16.7 Å². The summed E-state index contributed by atoms with van der Waals surface area (Å²) >= 11 is 0. The van der Waals surface area contributed by atoms with Crippen LogP contribution < -0.4 is 0 Å². The van der Waals surface area contributed by atoms with Crippen LogP contribution in [0, 0.1) is 0 Å². The van der Waals surface area contributed by atoms with E-state index in [1.807, 2.05) is 0 Å². The molecule has 2 aromatic carbocycles. The summed E-state index contributed by atoms with van der Waals surface area (Å²) in [5, 5.41) is 25.7. The lowest BCUT2D eigenvalue weighted by Crippen LogP contribution is -2.13. The Morgan fingerprint density at radius 2 is 1.54 bits per heavy atom. The number of esters is 1. The van der Waals surface area contributed by atoms with Gasteiger partial charge in [-0.3, -0.25) is 10.4 Å². The largest absolute Gasteiger partial charge is 0.508 e. The number of carbonyl (C=O) groups excluding carboxylic acids is 1. The fourth-order valence-corrected chi connectivity index (χ4v) is 1.82. The number of phenols is 1. The van der Waals surface area contributed by atoms with Crippen molar-refractivity contribution in [2.24, 2.45) is 0 Å². The fourth-order valence-electron chi connectivity index (χ4n) is 1.82. The minimum Gasteiger partial charge on any atom is -0.508 e. The van der Waals surface area contributed by atoms with Gasteiger partial charge in [-0.2, -0.15) is 0 Å². The highest BCUT2D eigenvalue weighted by atomic mass is 17.1.